The third kappa shape index (κ3) is 3.76. The summed E-state index contributed by atoms with van der Waals surface area (Å²) in [5.41, 5.74) is 8.45. The van der Waals surface area contributed by atoms with Gasteiger partial charge in [0.25, 0.3) is 0 Å². The van der Waals surface area contributed by atoms with Crippen molar-refractivity contribution in [3.05, 3.63) is 35.4 Å². The van der Waals surface area contributed by atoms with Crippen LogP contribution < -0.4 is 11.1 Å². The molecule has 0 unspecified atom stereocenters. The summed E-state index contributed by atoms with van der Waals surface area (Å²) in [5, 5.41) is 3.34. The molecule has 98 valence electrons. The second-order valence-electron chi connectivity index (χ2n) is 5.11. The SMILES string of the molecule is Cc1ccccc1CN=C(N)NC1CCCCC1. The van der Waals surface area contributed by atoms with Crippen molar-refractivity contribution >= 4 is 5.96 Å². The van der Waals surface area contributed by atoms with Crippen molar-refractivity contribution in [1.82, 2.24) is 5.32 Å². The fourth-order valence-corrected chi connectivity index (χ4v) is 2.46. The molecule has 3 nitrogen and oxygen atoms in total. The van der Waals surface area contributed by atoms with Gasteiger partial charge in [0.1, 0.15) is 0 Å². The Balaban J connectivity index is 1.86. The monoisotopic (exact) mass is 245 g/mol. The van der Waals surface area contributed by atoms with Gasteiger partial charge in [-0.2, -0.15) is 0 Å². The molecule has 1 aliphatic carbocycles. The van der Waals surface area contributed by atoms with Gasteiger partial charge in [0.15, 0.2) is 5.96 Å². The predicted molar refractivity (Wildman–Crippen MR) is 76.5 cm³/mol. The van der Waals surface area contributed by atoms with Crippen LogP contribution in [0.3, 0.4) is 0 Å². The Hall–Kier alpha value is -1.51. The molecule has 0 amide bonds. The largest absolute Gasteiger partial charge is 0.370 e. The van der Waals surface area contributed by atoms with Gasteiger partial charge in [0, 0.05) is 6.04 Å². The molecule has 1 aromatic carbocycles. The van der Waals surface area contributed by atoms with E-state index in [4.69, 9.17) is 5.73 Å². The van der Waals surface area contributed by atoms with Crippen LogP contribution in [-0.2, 0) is 6.54 Å². The van der Waals surface area contributed by atoms with E-state index in [2.05, 4.69) is 29.4 Å². The summed E-state index contributed by atoms with van der Waals surface area (Å²) in [6, 6.07) is 8.83. The molecule has 1 fully saturated rings. The normalized spacial score (nSPS) is 17.7. The second-order valence-corrected chi connectivity index (χ2v) is 5.11. The molecule has 0 aromatic heterocycles. The van der Waals surface area contributed by atoms with Gasteiger partial charge in [-0.15, -0.1) is 0 Å². The molecular weight excluding hydrogens is 222 g/mol. The van der Waals surface area contributed by atoms with E-state index < -0.39 is 0 Å². The number of benzene rings is 1. The molecule has 2 rings (SSSR count). The van der Waals surface area contributed by atoms with Crippen LogP contribution in [-0.4, -0.2) is 12.0 Å². The van der Waals surface area contributed by atoms with Gasteiger partial charge in [-0.05, 0) is 30.9 Å². The summed E-state index contributed by atoms with van der Waals surface area (Å²) in [6.07, 6.45) is 6.42. The standard InChI is InChI=1S/C15H23N3/c1-12-7-5-6-8-13(12)11-17-15(16)18-14-9-3-2-4-10-14/h5-8,14H,2-4,9-11H2,1H3,(H3,16,17,18). The lowest BCUT2D eigenvalue weighted by Gasteiger charge is -2.23. The minimum Gasteiger partial charge on any atom is -0.370 e. The number of aliphatic imine (C=N–C) groups is 1. The van der Waals surface area contributed by atoms with Gasteiger partial charge in [0.2, 0.25) is 0 Å². The smallest absolute Gasteiger partial charge is 0.189 e. The Kier molecular flexibility index (Phi) is 4.62. The van der Waals surface area contributed by atoms with Crippen LogP contribution in [0.2, 0.25) is 0 Å². The maximum absolute atomic E-state index is 5.94. The number of nitrogens with two attached hydrogens (primary N) is 1. The van der Waals surface area contributed by atoms with E-state index in [1.807, 2.05) is 12.1 Å². The Bertz CT molecular complexity index is 406. The first-order valence-corrected chi connectivity index (χ1v) is 6.86. The van der Waals surface area contributed by atoms with E-state index in [9.17, 15) is 0 Å². The van der Waals surface area contributed by atoms with E-state index in [0.29, 0.717) is 18.5 Å². The molecule has 0 bridgehead atoms. The number of hydrogen-bond acceptors (Lipinski definition) is 1. The highest BCUT2D eigenvalue weighted by atomic mass is 15.1. The van der Waals surface area contributed by atoms with E-state index in [1.54, 1.807) is 0 Å². The zero-order chi connectivity index (χ0) is 12.8. The average molecular weight is 245 g/mol. The first-order valence-electron chi connectivity index (χ1n) is 6.86. The maximum Gasteiger partial charge on any atom is 0.189 e. The molecule has 0 aliphatic heterocycles. The topological polar surface area (TPSA) is 50.4 Å². The van der Waals surface area contributed by atoms with Crippen LogP contribution in [0, 0.1) is 6.92 Å². The lowest BCUT2D eigenvalue weighted by atomic mass is 9.96. The van der Waals surface area contributed by atoms with Gasteiger partial charge in [-0.25, -0.2) is 4.99 Å². The van der Waals surface area contributed by atoms with Crippen LogP contribution in [0.5, 0.6) is 0 Å². The van der Waals surface area contributed by atoms with Crippen molar-refractivity contribution in [2.24, 2.45) is 10.7 Å². The molecule has 0 saturated heterocycles. The maximum atomic E-state index is 5.94. The molecule has 18 heavy (non-hydrogen) atoms. The average Bonchev–Trinajstić information content (AvgIpc) is 2.39. The lowest BCUT2D eigenvalue weighted by molar-refractivity contribution is 0.412. The molecule has 0 heterocycles. The molecule has 3 heteroatoms. The molecular formula is C15H23N3. The fraction of sp³-hybridized carbons (Fsp3) is 0.533. The zero-order valence-corrected chi connectivity index (χ0v) is 11.2. The van der Waals surface area contributed by atoms with E-state index in [-0.39, 0.29) is 0 Å². The van der Waals surface area contributed by atoms with Crippen LogP contribution in [0.4, 0.5) is 0 Å². The summed E-state index contributed by atoms with van der Waals surface area (Å²) < 4.78 is 0. The lowest BCUT2D eigenvalue weighted by Crippen LogP contribution is -2.41. The number of hydrogen-bond donors (Lipinski definition) is 2. The summed E-state index contributed by atoms with van der Waals surface area (Å²) in [4.78, 5) is 4.43. The van der Waals surface area contributed by atoms with Gasteiger partial charge in [-0.1, -0.05) is 43.5 Å². The first-order chi connectivity index (χ1) is 8.75. The predicted octanol–water partition coefficient (Wildman–Crippen LogP) is 2.73. The van der Waals surface area contributed by atoms with Gasteiger partial charge in [0.05, 0.1) is 6.54 Å². The van der Waals surface area contributed by atoms with Crippen molar-refractivity contribution < 1.29 is 0 Å². The quantitative estimate of drug-likeness (QED) is 0.635. The number of nitrogens with one attached hydrogen (secondary N) is 1. The highest BCUT2D eigenvalue weighted by Gasteiger charge is 2.13. The molecule has 3 N–H and O–H groups in total. The van der Waals surface area contributed by atoms with Crippen molar-refractivity contribution in [3.63, 3.8) is 0 Å². The molecule has 0 spiro atoms. The summed E-state index contributed by atoms with van der Waals surface area (Å²) in [5.74, 6) is 0.588. The molecule has 1 aliphatic rings. The highest BCUT2D eigenvalue weighted by molar-refractivity contribution is 5.78. The summed E-state index contributed by atoms with van der Waals surface area (Å²) >= 11 is 0. The van der Waals surface area contributed by atoms with E-state index >= 15 is 0 Å². The Morgan fingerprint density at radius 3 is 2.72 bits per heavy atom. The fourth-order valence-electron chi connectivity index (χ4n) is 2.46. The number of aryl methyl sites for hydroxylation is 1. The zero-order valence-electron chi connectivity index (χ0n) is 11.2. The minimum absolute atomic E-state index is 0.527. The minimum atomic E-state index is 0.527. The van der Waals surface area contributed by atoms with Crippen molar-refractivity contribution in [2.45, 2.75) is 51.6 Å². The molecule has 1 saturated carbocycles. The number of rotatable bonds is 3. The summed E-state index contributed by atoms with van der Waals surface area (Å²) in [7, 11) is 0. The molecule has 0 atom stereocenters. The number of guanidine groups is 1. The van der Waals surface area contributed by atoms with Crippen molar-refractivity contribution in [2.75, 3.05) is 0 Å². The Morgan fingerprint density at radius 1 is 1.28 bits per heavy atom. The molecule has 1 aromatic rings. The molecule has 0 radical (unpaired) electrons. The van der Waals surface area contributed by atoms with Crippen LogP contribution in [0.15, 0.2) is 29.3 Å². The third-order valence-corrected chi connectivity index (χ3v) is 3.64. The second kappa shape index (κ2) is 6.43. The van der Waals surface area contributed by atoms with E-state index in [1.165, 1.54) is 43.2 Å². The first kappa shape index (κ1) is 12.9. The van der Waals surface area contributed by atoms with E-state index in [0.717, 1.165) is 0 Å². The van der Waals surface area contributed by atoms with Gasteiger partial charge >= 0.3 is 0 Å². The van der Waals surface area contributed by atoms with Gasteiger partial charge in [-0.3, -0.25) is 0 Å². The van der Waals surface area contributed by atoms with Crippen LogP contribution >= 0.6 is 0 Å². The van der Waals surface area contributed by atoms with Crippen LogP contribution in [0.1, 0.15) is 43.2 Å². The third-order valence-electron chi connectivity index (χ3n) is 3.64. The Labute approximate surface area is 109 Å². The number of nitrogens with zero attached hydrogens (tertiary/aromatic N) is 1. The summed E-state index contributed by atoms with van der Waals surface area (Å²) in [6.45, 7) is 2.77. The van der Waals surface area contributed by atoms with Crippen molar-refractivity contribution in [1.29, 1.82) is 0 Å². The van der Waals surface area contributed by atoms with Gasteiger partial charge < -0.3 is 11.1 Å². The van der Waals surface area contributed by atoms with Crippen LogP contribution in [0.25, 0.3) is 0 Å². The Morgan fingerprint density at radius 2 is 2.00 bits per heavy atom. The van der Waals surface area contributed by atoms with Crippen molar-refractivity contribution in [3.8, 4) is 0 Å². The highest BCUT2D eigenvalue weighted by Crippen LogP contribution is 2.17.